The maximum Gasteiger partial charge on any atom is 0.631 e. The highest BCUT2D eigenvalue weighted by molar-refractivity contribution is 6.30. The molecule has 0 fully saturated rings. The third kappa shape index (κ3) is 16.6. The fourth-order valence-electron chi connectivity index (χ4n) is 2.15. The maximum absolute atomic E-state index is 7.17. The molecule has 0 saturated carbocycles. The Bertz CT molecular complexity index is 769. The Morgan fingerprint density at radius 1 is 0.469 bits per heavy atom. The molecule has 4 heterocycles. The summed E-state index contributed by atoms with van der Waals surface area (Å²) in [5.41, 5.74) is 4.21. The van der Waals surface area contributed by atoms with E-state index < -0.39 is 7.32 Å². The van der Waals surface area contributed by atoms with Crippen LogP contribution in [0, 0.1) is 55.4 Å². The van der Waals surface area contributed by atoms with E-state index in [9.17, 15) is 0 Å². The van der Waals surface area contributed by atoms with E-state index in [0.29, 0.717) is 0 Å². The average molecular weight is 446 g/mol. The summed E-state index contributed by atoms with van der Waals surface area (Å²) >= 11 is 0. The van der Waals surface area contributed by atoms with Crippen molar-refractivity contribution < 1.29 is 15.1 Å². The predicted octanol–water partition coefficient (Wildman–Crippen LogP) is 2.05. The van der Waals surface area contributed by atoms with Gasteiger partial charge >= 0.3 is 7.32 Å². The van der Waals surface area contributed by atoms with Crippen molar-refractivity contribution in [3.8, 4) is 0 Å². The van der Waals surface area contributed by atoms with E-state index in [1.165, 1.54) is 0 Å². The third-order valence-corrected chi connectivity index (χ3v) is 3.34. The zero-order valence-electron chi connectivity index (χ0n) is 20.0. The van der Waals surface area contributed by atoms with Gasteiger partial charge in [0.2, 0.25) is 0 Å². The number of H-pyrrole nitrogens is 4. The van der Waals surface area contributed by atoms with Crippen LogP contribution in [0.15, 0.2) is 24.8 Å². The first-order valence-corrected chi connectivity index (χ1v) is 9.87. The highest BCUT2D eigenvalue weighted by Gasteiger charge is 1.92. The lowest BCUT2D eigenvalue weighted by Gasteiger charge is -1.71. The Labute approximate surface area is 189 Å². The first-order chi connectivity index (χ1) is 14.9. The molecule has 0 radical (unpaired) electrons. The summed E-state index contributed by atoms with van der Waals surface area (Å²) in [7, 11) is -2.17. The largest absolute Gasteiger partial charge is 0.631 e. The predicted molar refractivity (Wildman–Crippen MR) is 125 cm³/mol. The zero-order chi connectivity index (χ0) is 24.7. The van der Waals surface area contributed by atoms with Crippen molar-refractivity contribution in [3.63, 3.8) is 0 Å². The number of hydrogen-bond acceptors (Lipinski definition) is 7. The summed E-state index contributed by atoms with van der Waals surface area (Å²) < 4.78 is 0. The Hall–Kier alpha value is -3.22. The van der Waals surface area contributed by atoms with Crippen molar-refractivity contribution in [3.05, 3.63) is 70.9 Å². The number of hydrogen-bond donors (Lipinski definition) is 7. The summed E-state index contributed by atoms with van der Waals surface area (Å²) in [5, 5.41) is 21.5. The van der Waals surface area contributed by atoms with Gasteiger partial charge in [0.1, 0.15) is 23.3 Å². The highest BCUT2D eigenvalue weighted by Crippen LogP contribution is 1.91. The van der Waals surface area contributed by atoms with Gasteiger partial charge in [-0.25, -0.2) is 19.9 Å². The van der Waals surface area contributed by atoms with Gasteiger partial charge in [0.05, 0.1) is 22.8 Å². The van der Waals surface area contributed by atoms with Gasteiger partial charge in [-0.05, 0) is 55.4 Å². The van der Waals surface area contributed by atoms with Crippen molar-refractivity contribution >= 4 is 7.32 Å². The molecule has 0 aliphatic rings. The fraction of sp³-hybridized carbons (Fsp3) is 0.400. The minimum atomic E-state index is -2.17. The summed E-state index contributed by atoms with van der Waals surface area (Å²) in [6, 6.07) is 0. The molecular formula is C20H35BN8O3. The van der Waals surface area contributed by atoms with Crippen LogP contribution in [-0.4, -0.2) is 62.3 Å². The lowest BCUT2D eigenvalue weighted by molar-refractivity contribution is 0.278. The van der Waals surface area contributed by atoms with E-state index in [2.05, 4.69) is 39.9 Å². The first kappa shape index (κ1) is 28.8. The quantitative estimate of drug-likeness (QED) is 0.202. The molecule has 0 spiro atoms. The van der Waals surface area contributed by atoms with E-state index in [1.54, 1.807) is 0 Å². The molecule has 7 N–H and O–H groups in total. The van der Waals surface area contributed by atoms with E-state index in [-0.39, 0.29) is 0 Å². The Balaban J connectivity index is 0.000000380. The second-order valence-corrected chi connectivity index (χ2v) is 6.86. The highest BCUT2D eigenvalue weighted by atomic mass is 16.5. The maximum atomic E-state index is 7.17. The topological polar surface area (TPSA) is 175 Å². The van der Waals surface area contributed by atoms with Crippen molar-refractivity contribution in [2.75, 3.05) is 0 Å². The van der Waals surface area contributed by atoms with Crippen molar-refractivity contribution in [1.82, 2.24) is 39.9 Å². The molecule has 4 aromatic heterocycles. The summed E-state index contributed by atoms with van der Waals surface area (Å²) in [6.45, 7) is 15.6. The number of aromatic amines is 4. The van der Waals surface area contributed by atoms with Crippen molar-refractivity contribution in [2.24, 2.45) is 0 Å². The third-order valence-electron chi connectivity index (χ3n) is 3.34. The summed E-state index contributed by atoms with van der Waals surface area (Å²) in [4.78, 5) is 28.1. The molecule has 32 heavy (non-hydrogen) atoms. The van der Waals surface area contributed by atoms with E-state index >= 15 is 0 Å². The number of nitrogens with zero attached hydrogens (tertiary/aromatic N) is 4. The molecule has 0 amide bonds. The molecule has 11 nitrogen and oxygen atoms in total. The van der Waals surface area contributed by atoms with Crippen LogP contribution in [0.4, 0.5) is 0 Å². The van der Waals surface area contributed by atoms with Crippen LogP contribution in [0.5, 0.6) is 0 Å². The van der Waals surface area contributed by atoms with Gasteiger partial charge in [-0.1, -0.05) is 0 Å². The number of aryl methyl sites for hydroxylation is 8. The number of rotatable bonds is 0. The van der Waals surface area contributed by atoms with Gasteiger partial charge < -0.3 is 35.0 Å². The van der Waals surface area contributed by atoms with Gasteiger partial charge in [0.15, 0.2) is 0 Å². The molecule has 4 rings (SSSR count). The van der Waals surface area contributed by atoms with Crippen LogP contribution >= 0.6 is 0 Å². The number of nitrogens with one attached hydrogen (secondary N) is 4. The molecule has 176 valence electrons. The van der Waals surface area contributed by atoms with Gasteiger partial charge in [-0.15, -0.1) is 0 Å². The van der Waals surface area contributed by atoms with E-state index in [4.69, 9.17) is 15.1 Å². The Kier molecular flexibility index (Phi) is 14.0. The van der Waals surface area contributed by atoms with Crippen LogP contribution < -0.4 is 0 Å². The number of imidazole rings is 4. The van der Waals surface area contributed by atoms with Gasteiger partial charge in [-0.2, -0.15) is 0 Å². The molecule has 0 aliphatic heterocycles. The summed E-state index contributed by atoms with van der Waals surface area (Å²) in [5.74, 6) is 3.94. The molecule has 0 aromatic carbocycles. The molecule has 0 aliphatic carbocycles. The van der Waals surface area contributed by atoms with E-state index in [0.717, 1.165) is 46.1 Å². The van der Waals surface area contributed by atoms with Crippen molar-refractivity contribution in [1.29, 1.82) is 0 Å². The number of aromatic nitrogens is 8. The minimum Gasteiger partial charge on any atom is -0.402 e. The zero-order valence-corrected chi connectivity index (χ0v) is 20.0. The van der Waals surface area contributed by atoms with Crippen LogP contribution in [-0.2, 0) is 0 Å². The van der Waals surface area contributed by atoms with Gasteiger partial charge in [0, 0.05) is 24.8 Å². The van der Waals surface area contributed by atoms with Crippen LogP contribution in [0.2, 0.25) is 0 Å². The standard InChI is InChI=1S/4C5H8N2.BH3O3/c4*1-4-3-6-5(2)7-4;2-1(3)4/h4*3H,1-2H3,(H,6,7);2-4H. The SMILES string of the molecule is Cc1c[nH]c(C)n1.Cc1c[nH]c(C)n1.Cc1c[nH]c(C)n1.Cc1c[nH]c(C)n1.OB(O)O. The molecule has 12 heteroatoms. The Morgan fingerprint density at radius 3 is 0.656 bits per heavy atom. The lowest BCUT2D eigenvalue weighted by Crippen LogP contribution is -2.07. The van der Waals surface area contributed by atoms with Gasteiger partial charge in [-0.3, -0.25) is 0 Å². The first-order valence-electron chi connectivity index (χ1n) is 9.87. The molecule has 4 aromatic rings. The average Bonchev–Trinajstić information content (AvgIpc) is 3.43. The van der Waals surface area contributed by atoms with Crippen molar-refractivity contribution in [2.45, 2.75) is 55.4 Å². The minimum absolute atomic E-state index is 0.984. The monoisotopic (exact) mass is 446 g/mol. The smallest absolute Gasteiger partial charge is 0.402 e. The molecule has 0 unspecified atom stereocenters. The second kappa shape index (κ2) is 15.6. The molecule has 0 bridgehead atoms. The van der Waals surface area contributed by atoms with Crippen LogP contribution in [0.25, 0.3) is 0 Å². The summed E-state index contributed by atoms with van der Waals surface area (Å²) in [6.07, 6.45) is 7.54. The van der Waals surface area contributed by atoms with E-state index in [1.807, 2.05) is 80.2 Å². The second-order valence-electron chi connectivity index (χ2n) is 6.86. The molecule has 0 saturated heterocycles. The Morgan fingerprint density at radius 2 is 0.625 bits per heavy atom. The lowest BCUT2D eigenvalue weighted by atomic mass is 10.3. The van der Waals surface area contributed by atoms with Crippen LogP contribution in [0.3, 0.4) is 0 Å². The fourth-order valence-corrected chi connectivity index (χ4v) is 2.15. The van der Waals surface area contributed by atoms with Crippen LogP contribution in [0.1, 0.15) is 46.1 Å². The molecule has 0 atom stereocenters. The molecular weight excluding hydrogens is 411 g/mol. The normalized spacial score (nSPS) is 9.09. The van der Waals surface area contributed by atoms with Gasteiger partial charge in [0.25, 0.3) is 0 Å².